The van der Waals surface area contributed by atoms with Crippen LogP contribution in [0.2, 0.25) is 0 Å². The fourth-order valence-corrected chi connectivity index (χ4v) is 4.53. The molecule has 0 saturated heterocycles. The van der Waals surface area contributed by atoms with Crippen LogP contribution < -0.4 is 5.32 Å². The lowest BCUT2D eigenvalue weighted by Crippen LogP contribution is -2.32. The summed E-state index contributed by atoms with van der Waals surface area (Å²) >= 11 is 0. The van der Waals surface area contributed by atoms with Gasteiger partial charge >= 0.3 is 0 Å². The van der Waals surface area contributed by atoms with E-state index in [1.165, 1.54) is 12.4 Å². The number of amides is 1. The molecule has 144 valence electrons. The lowest BCUT2D eigenvalue weighted by molar-refractivity contribution is 0.0948. The van der Waals surface area contributed by atoms with Crippen LogP contribution in [0.25, 0.3) is 0 Å². The normalized spacial score (nSPS) is 12.4. The molecule has 1 N–H and O–H groups in total. The second-order valence-electron chi connectivity index (χ2n) is 6.49. The first-order valence-corrected chi connectivity index (χ1v) is 10.3. The second-order valence-corrected chi connectivity index (χ2v) is 8.62. The van der Waals surface area contributed by atoms with Crippen LogP contribution >= 0.6 is 0 Å². The predicted molar refractivity (Wildman–Crippen MR) is 107 cm³/mol. The van der Waals surface area contributed by atoms with E-state index in [0.717, 1.165) is 11.1 Å². The fraction of sp³-hybridized carbons (Fsp3) is 0.190. The van der Waals surface area contributed by atoms with Gasteiger partial charge < -0.3 is 5.32 Å². The molecule has 0 saturated carbocycles. The van der Waals surface area contributed by atoms with Gasteiger partial charge in [-0.1, -0.05) is 18.2 Å². The summed E-state index contributed by atoms with van der Waals surface area (Å²) in [5, 5.41) is 1.73. The Kier molecular flexibility index (Phi) is 5.84. The van der Waals surface area contributed by atoms with E-state index in [0.29, 0.717) is 5.56 Å². The average Bonchev–Trinajstić information content (AvgIpc) is 2.71. The van der Waals surface area contributed by atoms with Gasteiger partial charge in [0.2, 0.25) is 0 Å². The van der Waals surface area contributed by atoms with Gasteiger partial charge in [0.1, 0.15) is 10.9 Å². The van der Waals surface area contributed by atoms with Gasteiger partial charge in [0.15, 0.2) is 9.84 Å². The van der Waals surface area contributed by atoms with Crippen LogP contribution in [-0.2, 0) is 9.84 Å². The summed E-state index contributed by atoms with van der Waals surface area (Å²) < 4.78 is 26.7. The first kappa shape index (κ1) is 19.7. The Labute approximate surface area is 164 Å². The number of sulfone groups is 1. The summed E-state index contributed by atoms with van der Waals surface area (Å²) in [7, 11) is -3.75. The molecule has 1 aromatic carbocycles. The molecule has 6 nitrogen and oxygen atoms in total. The molecule has 7 heteroatoms. The number of nitrogens with one attached hydrogen (secondary N) is 1. The SMILES string of the molecule is Cc1ccc(S(=O)(=O)[C@H](CNC(=O)c2ccccn2)c2cccnc2)cc1C. The standard InChI is InChI=1S/C21H21N3O3S/c1-15-8-9-18(12-16(15)2)28(26,27)20(17-6-5-10-22-13-17)14-24-21(25)19-7-3-4-11-23-19/h3-13,20H,14H2,1-2H3,(H,24,25)/t20-/m1/s1. The summed E-state index contributed by atoms with van der Waals surface area (Å²) in [6.07, 6.45) is 4.60. The van der Waals surface area contributed by atoms with Gasteiger partial charge in [0.05, 0.1) is 4.90 Å². The molecule has 1 amide bonds. The molecule has 3 aromatic rings. The fourth-order valence-electron chi connectivity index (χ4n) is 2.80. The third-order valence-corrected chi connectivity index (χ3v) is 6.68. The molecule has 0 aliphatic heterocycles. The van der Waals surface area contributed by atoms with E-state index in [1.807, 2.05) is 13.8 Å². The van der Waals surface area contributed by atoms with E-state index in [9.17, 15) is 13.2 Å². The van der Waals surface area contributed by atoms with Crippen LogP contribution in [0.5, 0.6) is 0 Å². The van der Waals surface area contributed by atoms with Gasteiger partial charge in [-0.15, -0.1) is 0 Å². The Bertz CT molecular complexity index is 1070. The van der Waals surface area contributed by atoms with Crippen LogP contribution in [0.1, 0.15) is 32.4 Å². The van der Waals surface area contributed by atoms with Crippen molar-refractivity contribution in [1.29, 1.82) is 0 Å². The second kappa shape index (κ2) is 8.31. The smallest absolute Gasteiger partial charge is 0.269 e. The molecule has 28 heavy (non-hydrogen) atoms. The van der Waals surface area contributed by atoms with Crippen molar-refractivity contribution in [2.45, 2.75) is 24.0 Å². The van der Waals surface area contributed by atoms with E-state index in [1.54, 1.807) is 54.7 Å². The van der Waals surface area contributed by atoms with Crippen molar-refractivity contribution in [3.05, 3.63) is 89.5 Å². The maximum absolute atomic E-state index is 13.4. The number of rotatable bonds is 6. The number of aryl methyl sites for hydroxylation is 2. The number of carbonyl (C=O) groups is 1. The van der Waals surface area contributed by atoms with E-state index in [4.69, 9.17) is 0 Å². The highest BCUT2D eigenvalue weighted by molar-refractivity contribution is 7.91. The highest BCUT2D eigenvalue weighted by Crippen LogP contribution is 2.29. The van der Waals surface area contributed by atoms with Gasteiger partial charge in [0.25, 0.3) is 5.91 Å². The highest BCUT2D eigenvalue weighted by Gasteiger charge is 2.30. The van der Waals surface area contributed by atoms with Gasteiger partial charge in [-0.2, -0.15) is 0 Å². The van der Waals surface area contributed by atoms with Crippen LogP contribution in [0.15, 0.2) is 72.0 Å². The zero-order valence-electron chi connectivity index (χ0n) is 15.7. The first-order valence-electron chi connectivity index (χ1n) is 8.80. The van der Waals surface area contributed by atoms with E-state index >= 15 is 0 Å². The van der Waals surface area contributed by atoms with Gasteiger partial charge in [0, 0.05) is 25.1 Å². The summed E-state index contributed by atoms with van der Waals surface area (Å²) in [4.78, 5) is 20.6. The lowest BCUT2D eigenvalue weighted by Gasteiger charge is -2.19. The topological polar surface area (TPSA) is 89.0 Å². The van der Waals surface area contributed by atoms with Crippen molar-refractivity contribution in [3.8, 4) is 0 Å². The zero-order chi connectivity index (χ0) is 20.1. The number of carbonyl (C=O) groups excluding carboxylic acids is 1. The number of nitrogens with zero attached hydrogens (tertiary/aromatic N) is 2. The first-order chi connectivity index (χ1) is 13.4. The number of hydrogen-bond acceptors (Lipinski definition) is 5. The molecule has 0 spiro atoms. The average molecular weight is 395 g/mol. The van der Waals surface area contributed by atoms with E-state index in [-0.39, 0.29) is 17.1 Å². The third kappa shape index (κ3) is 4.26. The molecule has 3 rings (SSSR count). The molecular weight excluding hydrogens is 374 g/mol. The Morgan fingerprint density at radius 1 is 1.04 bits per heavy atom. The van der Waals surface area contributed by atoms with Crippen molar-refractivity contribution in [2.24, 2.45) is 0 Å². The largest absolute Gasteiger partial charge is 0.349 e. The van der Waals surface area contributed by atoms with Crippen molar-refractivity contribution < 1.29 is 13.2 Å². The Morgan fingerprint density at radius 3 is 2.50 bits per heavy atom. The van der Waals surface area contributed by atoms with Gasteiger partial charge in [-0.05, 0) is 60.9 Å². The molecular formula is C21H21N3O3S. The number of hydrogen-bond donors (Lipinski definition) is 1. The molecule has 0 fully saturated rings. The van der Waals surface area contributed by atoms with E-state index in [2.05, 4.69) is 15.3 Å². The monoisotopic (exact) mass is 395 g/mol. The molecule has 0 unspecified atom stereocenters. The molecule has 2 heterocycles. The van der Waals surface area contributed by atoms with Gasteiger partial charge in [-0.3, -0.25) is 14.8 Å². The van der Waals surface area contributed by atoms with Crippen molar-refractivity contribution in [3.63, 3.8) is 0 Å². The molecule has 2 aromatic heterocycles. The molecule has 0 bridgehead atoms. The number of pyridine rings is 2. The third-order valence-electron chi connectivity index (χ3n) is 4.58. The zero-order valence-corrected chi connectivity index (χ0v) is 16.5. The predicted octanol–water partition coefficient (Wildman–Crippen LogP) is 3.04. The Balaban J connectivity index is 1.93. The highest BCUT2D eigenvalue weighted by atomic mass is 32.2. The van der Waals surface area contributed by atoms with Crippen molar-refractivity contribution in [2.75, 3.05) is 6.54 Å². The summed E-state index contributed by atoms with van der Waals surface area (Å²) in [6.45, 7) is 3.71. The number of aromatic nitrogens is 2. The minimum atomic E-state index is -3.75. The minimum Gasteiger partial charge on any atom is -0.349 e. The van der Waals surface area contributed by atoms with Crippen molar-refractivity contribution >= 4 is 15.7 Å². The van der Waals surface area contributed by atoms with Crippen LogP contribution in [0.3, 0.4) is 0 Å². The lowest BCUT2D eigenvalue weighted by atomic mass is 10.1. The quantitative estimate of drug-likeness (QED) is 0.693. The van der Waals surface area contributed by atoms with Crippen LogP contribution in [0.4, 0.5) is 0 Å². The molecule has 1 atom stereocenters. The maximum Gasteiger partial charge on any atom is 0.269 e. The van der Waals surface area contributed by atoms with E-state index < -0.39 is 21.0 Å². The summed E-state index contributed by atoms with van der Waals surface area (Å²) in [5.41, 5.74) is 2.65. The summed E-state index contributed by atoms with van der Waals surface area (Å²) in [6, 6.07) is 13.4. The molecule has 0 aliphatic rings. The van der Waals surface area contributed by atoms with Crippen LogP contribution in [0, 0.1) is 13.8 Å². The minimum absolute atomic E-state index is 0.0869. The molecule has 0 aliphatic carbocycles. The molecule has 0 radical (unpaired) electrons. The van der Waals surface area contributed by atoms with Crippen LogP contribution in [-0.4, -0.2) is 30.8 Å². The summed E-state index contributed by atoms with van der Waals surface area (Å²) in [5.74, 6) is -0.426. The maximum atomic E-state index is 13.4. The van der Waals surface area contributed by atoms with Crippen molar-refractivity contribution in [1.82, 2.24) is 15.3 Å². The Morgan fingerprint density at radius 2 is 1.86 bits per heavy atom. The van der Waals surface area contributed by atoms with Gasteiger partial charge in [-0.25, -0.2) is 8.42 Å². The number of benzene rings is 1. The Hall–Kier alpha value is -3.06.